The summed E-state index contributed by atoms with van der Waals surface area (Å²) in [5.74, 6) is 0.557. The van der Waals surface area contributed by atoms with E-state index in [0.29, 0.717) is 12.0 Å². The largest absolute Gasteiger partial charge is 0.384 e. The predicted octanol–water partition coefficient (Wildman–Crippen LogP) is 4.35. The highest BCUT2D eigenvalue weighted by atomic mass is 32.2. The summed E-state index contributed by atoms with van der Waals surface area (Å²) in [6, 6.07) is 19.4. The van der Waals surface area contributed by atoms with Crippen LogP contribution in [-0.2, 0) is 17.2 Å². The maximum Gasteiger partial charge on any atom is 0.294 e. The van der Waals surface area contributed by atoms with Crippen molar-refractivity contribution in [2.45, 2.75) is 24.3 Å². The Morgan fingerprint density at radius 1 is 0.969 bits per heavy atom. The minimum atomic E-state index is -4.02. The lowest BCUT2D eigenvalue weighted by atomic mass is 9.85. The van der Waals surface area contributed by atoms with Crippen molar-refractivity contribution in [3.63, 3.8) is 0 Å². The molecule has 0 saturated heterocycles. The Morgan fingerprint density at radius 2 is 1.69 bits per heavy atom. The van der Waals surface area contributed by atoms with Crippen molar-refractivity contribution in [3.05, 3.63) is 102 Å². The SMILES string of the molecule is C[n+]1c(C2=CNC3C=CC=CC3C2)ccc2ccccc21.Cc1ccc(S(=O)(=O)O)cc1. The predicted molar refractivity (Wildman–Crippen MR) is 127 cm³/mol. The highest BCUT2D eigenvalue weighted by Gasteiger charge is 2.27. The van der Waals surface area contributed by atoms with Crippen LogP contribution in [0, 0.1) is 12.8 Å². The van der Waals surface area contributed by atoms with Gasteiger partial charge in [0, 0.05) is 35.2 Å². The van der Waals surface area contributed by atoms with Crippen LogP contribution in [0.1, 0.15) is 17.7 Å². The molecule has 2 N–H and O–H groups in total. The Balaban J connectivity index is 0.000000189. The Morgan fingerprint density at radius 3 is 2.44 bits per heavy atom. The fourth-order valence-corrected chi connectivity index (χ4v) is 4.57. The molecule has 0 amide bonds. The molecule has 6 heteroatoms. The Kier molecular flexibility index (Phi) is 6.26. The lowest BCUT2D eigenvalue weighted by molar-refractivity contribution is -0.647. The molecule has 5 rings (SSSR count). The minimum absolute atomic E-state index is 0.0666. The number of benzene rings is 2. The van der Waals surface area contributed by atoms with Crippen LogP contribution < -0.4 is 9.88 Å². The summed E-state index contributed by atoms with van der Waals surface area (Å²) in [7, 11) is -1.87. The smallest absolute Gasteiger partial charge is 0.294 e. The number of hydrogen-bond acceptors (Lipinski definition) is 3. The summed E-state index contributed by atoms with van der Waals surface area (Å²) in [6.07, 6.45) is 12.1. The van der Waals surface area contributed by atoms with Crippen molar-refractivity contribution < 1.29 is 17.5 Å². The molecule has 2 atom stereocenters. The summed E-state index contributed by atoms with van der Waals surface area (Å²) < 4.78 is 31.8. The van der Waals surface area contributed by atoms with Crippen LogP contribution in [0.15, 0.2) is 96.1 Å². The third-order valence-electron chi connectivity index (χ3n) is 5.88. The van der Waals surface area contributed by atoms with Crippen LogP contribution in [0.3, 0.4) is 0 Å². The number of hydrogen-bond donors (Lipinski definition) is 2. The fourth-order valence-electron chi connectivity index (χ4n) is 4.09. The van der Waals surface area contributed by atoms with Gasteiger partial charge in [-0.3, -0.25) is 4.55 Å². The summed E-state index contributed by atoms with van der Waals surface area (Å²) in [5.41, 5.74) is 4.90. The first-order valence-corrected chi connectivity index (χ1v) is 12.0. The van der Waals surface area contributed by atoms with Gasteiger partial charge in [0.1, 0.15) is 7.05 Å². The molecule has 0 bridgehead atoms. The number of fused-ring (bicyclic) bond motifs is 2. The molecule has 2 unspecified atom stereocenters. The Hall–Kier alpha value is -3.22. The van der Waals surface area contributed by atoms with Gasteiger partial charge < -0.3 is 5.32 Å². The van der Waals surface area contributed by atoms with Gasteiger partial charge in [0.2, 0.25) is 11.2 Å². The van der Waals surface area contributed by atoms with E-state index < -0.39 is 10.1 Å². The first-order chi connectivity index (χ1) is 15.3. The number of pyridine rings is 1. The maximum atomic E-state index is 10.5. The second-order valence-electron chi connectivity index (χ2n) is 8.12. The maximum absolute atomic E-state index is 10.5. The van der Waals surface area contributed by atoms with E-state index in [0.717, 1.165) is 12.0 Å². The van der Waals surface area contributed by atoms with Crippen molar-refractivity contribution in [2.75, 3.05) is 0 Å². The molecular formula is C26H27N2O3S+. The molecule has 0 saturated carbocycles. The normalized spacial score (nSPS) is 19.4. The van der Waals surface area contributed by atoms with Gasteiger partial charge >= 0.3 is 0 Å². The zero-order chi connectivity index (χ0) is 22.7. The van der Waals surface area contributed by atoms with Crippen molar-refractivity contribution in [3.8, 4) is 0 Å². The topological polar surface area (TPSA) is 70.3 Å². The zero-order valence-corrected chi connectivity index (χ0v) is 19.0. The summed E-state index contributed by atoms with van der Waals surface area (Å²) in [6.45, 7) is 1.84. The van der Waals surface area contributed by atoms with Crippen molar-refractivity contribution in [1.29, 1.82) is 0 Å². The van der Waals surface area contributed by atoms with Gasteiger partial charge in [-0.05, 0) is 37.6 Å². The molecule has 0 spiro atoms. The van der Waals surface area contributed by atoms with E-state index in [9.17, 15) is 8.42 Å². The fraction of sp³-hybridized carbons (Fsp3) is 0.192. The minimum Gasteiger partial charge on any atom is -0.384 e. The Bertz CT molecular complexity index is 1320. The summed E-state index contributed by atoms with van der Waals surface area (Å²) in [5, 5.41) is 4.82. The van der Waals surface area contributed by atoms with Crippen molar-refractivity contribution in [2.24, 2.45) is 13.0 Å². The monoisotopic (exact) mass is 447 g/mol. The van der Waals surface area contributed by atoms with Crippen molar-refractivity contribution >= 4 is 26.6 Å². The Labute approximate surface area is 189 Å². The second kappa shape index (κ2) is 9.10. The van der Waals surface area contributed by atoms with E-state index in [1.54, 1.807) is 12.1 Å². The van der Waals surface area contributed by atoms with Gasteiger partial charge in [-0.2, -0.15) is 13.0 Å². The number of allylic oxidation sites excluding steroid dienone is 3. The van der Waals surface area contributed by atoms with E-state index >= 15 is 0 Å². The number of aryl methyl sites for hydroxylation is 2. The average molecular weight is 448 g/mol. The van der Waals surface area contributed by atoms with Gasteiger partial charge in [0.15, 0.2) is 0 Å². The van der Waals surface area contributed by atoms with Crippen LogP contribution in [0.4, 0.5) is 0 Å². The highest BCUT2D eigenvalue weighted by Crippen LogP contribution is 2.30. The van der Waals surface area contributed by atoms with Gasteiger partial charge in [0.05, 0.1) is 10.9 Å². The van der Waals surface area contributed by atoms with Gasteiger partial charge in [-0.15, -0.1) is 0 Å². The van der Waals surface area contributed by atoms with E-state index in [1.807, 2.05) is 6.92 Å². The third kappa shape index (κ3) is 4.82. The van der Waals surface area contributed by atoms with Crippen LogP contribution in [0.5, 0.6) is 0 Å². The van der Waals surface area contributed by atoms with Gasteiger partial charge in [0.25, 0.3) is 10.1 Å². The van der Waals surface area contributed by atoms with Gasteiger partial charge in [-0.1, -0.05) is 54.1 Å². The molecule has 1 aromatic heterocycles. The molecule has 5 nitrogen and oxygen atoms in total. The van der Waals surface area contributed by atoms with Crippen LogP contribution in [0.2, 0.25) is 0 Å². The molecule has 0 radical (unpaired) electrons. The average Bonchev–Trinajstić information content (AvgIpc) is 2.79. The summed E-state index contributed by atoms with van der Waals surface area (Å²) >= 11 is 0. The zero-order valence-electron chi connectivity index (χ0n) is 18.1. The van der Waals surface area contributed by atoms with E-state index in [2.05, 4.69) is 83.8 Å². The molecule has 1 aliphatic carbocycles. The molecule has 2 aromatic carbocycles. The number of aromatic nitrogens is 1. The third-order valence-corrected chi connectivity index (χ3v) is 6.75. The molecule has 1 aliphatic heterocycles. The van der Waals surface area contributed by atoms with Crippen LogP contribution in [-0.4, -0.2) is 19.0 Å². The van der Waals surface area contributed by atoms with Crippen LogP contribution in [0.25, 0.3) is 16.5 Å². The van der Waals surface area contributed by atoms with Gasteiger partial charge in [-0.25, -0.2) is 0 Å². The number of rotatable bonds is 2. The van der Waals surface area contributed by atoms with Crippen molar-refractivity contribution in [1.82, 2.24) is 5.32 Å². The molecule has 164 valence electrons. The molecule has 0 fully saturated rings. The molecule has 2 aliphatic rings. The van der Waals surface area contributed by atoms with E-state index in [1.165, 1.54) is 34.3 Å². The summed E-state index contributed by atoms with van der Waals surface area (Å²) in [4.78, 5) is -0.0666. The second-order valence-corrected chi connectivity index (χ2v) is 9.55. The first-order valence-electron chi connectivity index (χ1n) is 10.6. The van der Waals surface area contributed by atoms with E-state index in [4.69, 9.17) is 4.55 Å². The van der Waals surface area contributed by atoms with E-state index in [-0.39, 0.29) is 4.90 Å². The van der Waals surface area contributed by atoms with Crippen LogP contribution >= 0.6 is 0 Å². The molecule has 2 heterocycles. The number of nitrogens with one attached hydrogen (secondary N) is 1. The lowest BCUT2D eigenvalue weighted by Gasteiger charge is -2.29. The number of para-hydroxylation sites is 1. The number of nitrogens with zero attached hydrogens (tertiary/aromatic N) is 1. The molecule has 32 heavy (non-hydrogen) atoms. The first kappa shape index (κ1) is 22.0. The molecular weight excluding hydrogens is 420 g/mol. The highest BCUT2D eigenvalue weighted by molar-refractivity contribution is 7.85. The molecule has 3 aromatic rings. The standard InChI is InChI=1S/C19H18N2.C7H8O3S/c1-21-18-9-5-3-6-14(18)10-11-19(21)16-12-15-7-2-4-8-17(15)20-13-16;1-6-2-4-7(5-3-6)11(8,9)10/h2-11,13,15,17H,12H2,1H3;2-5H,1H3,(H,8,9,10)/p+1. The quantitative estimate of drug-likeness (QED) is 0.453. The lowest BCUT2D eigenvalue weighted by Crippen LogP contribution is -2.39.